The van der Waals surface area contributed by atoms with Crippen molar-refractivity contribution in [3.05, 3.63) is 54.6 Å². The van der Waals surface area contributed by atoms with Crippen molar-refractivity contribution in [3.8, 4) is 16.9 Å². The molecule has 2 aromatic rings. The fourth-order valence-corrected chi connectivity index (χ4v) is 2.67. The van der Waals surface area contributed by atoms with Crippen molar-refractivity contribution >= 4 is 35.1 Å². The summed E-state index contributed by atoms with van der Waals surface area (Å²) in [6.07, 6.45) is -0.208. The molecule has 170 valence electrons. The molecule has 2 amide bonds. The smallest absolute Gasteiger partial charge is 0.306 e. The number of para-hydroxylation sites is 1. The van der Waals surface area contributed by atoms with E-state index >= 15 is 0 Å². The summed E-state index contributed by atoms with van der Waals surface area (Å²) < 4.78 is 15.2. The topological polar surface area (TPSA) is 115 Å². The number of carbonyl (C=O) groups is 3. The Hall–Kier alpha value is -3.50. The number of thiocarbonyl (C=S) groups is 1. The van der Waals surface area contributed by atoms with Gasteiger partial charge in [-0.2, -0.15) is 0 Å². The van der Waals surface area contributed by atoms with Gasteiger partial charge in [-0.25, -0.2) is 0 Å². The molecule has 0 heterocycles. The van der Waals surface area contributed by atoms with Crippen molar-refractivity contribution in [2.75, 3.05) is 26.9 Å². The molecule has 9 nitrogen and oxygen atoms in total. The zero-order valence-corrected chi connectivity index (χ0v) is 18.4. The molecule has 0 saturated heterocycles. The highest BCUT2D eigenvalue weighted by molar-refractivity contribution is 7.80. The number of methoxy groups -OCH3 is 1. The molecule has 2 rings (SSSR count). The summed E-state index contributed by atoms with van der Waals surface area (Å²) in [6.45, 7) is 0.148. The number of nitrogens with one attached hydrogen (secondary N) is 3. The summed E-state index contributed by atoms with van der Waals surface area (Å²) in [4.78, 5) is 35.3. The minimum atomic E-state index is -0.516. The summed E-state index contributed by atoms with van der Waals surface area (Å²) >= 11 is 4.95. The molecule has 0 atom stereocenters. The third-order valence-electron chi connectivity index (χ3n) is 4.01. The highest BCUT2D eigenvalue weighted by Crippen LogP contribution is 2.29. The molecule has 0 aliphatic heterocycles. The van der Waals surface area contributed by atoms with Crippen molar-refractivity contribution in [1.29, 1.82) is 0 Å². The molecule has 0 unspecified atom stereocenters. The number of rotatable bonds is 10. The van der Waals surface area contributed by atoms with Crippen LogP contribution in [0.1, 0.15) is 12.8 Å². The van der Waals surface area contributed by atoms with E-state index in [0.717, 1.165) is 11.1 Å². The third kappa shape index (κ3) is 9.11. The zero-order valence-electron chi connectivity index (χ0n) is 17.6. The fraction of sp³-hybridized carbons (Fsp3) is 0.273. The Morgan fingerprint density at radius 2 is 1.59 bits per heavy atom. The molecule has 32 heavy (non-hydrogen) atoms. The van der Waals surface area contributed by atoms with E-state index in [1.54, 1.807) is 6.07 Å². The minimum absolute atomic E-state index is 0.0980. The summed E-state index contributed by atoms with van der Waals surface area (Å²) in [5.41, 5.74) is 6.58. The quantitative estimate of drug-likeness (QED) is 0.213. The molecule has 0 saturated carbocycles. The first-order chi connectivity index (χ1) is 15.5. The van der Waals surface area contributed by atoms with Gasteiger partial charge in [-0.15, -0.1) is 0 Å². The molecular formula is C22H25N3O6S. The highest BCUT2D eigenvalue weighted by Gasteiger charge is 2.11. The average molecular weight is 460 g/mol. The van der Waals surface area contributed by atoms with Crippen LogP contribution in [0, 0.1) is 0 Å². The van der Waals surface area contributed by atoms with E-state index < -0.39 is 17.8 Å². The number of hydrazine groups is 1. The summed E-state index contributed by atoms with van der Waals surface area (Å²) in [5, 5.41) is 2.25. The van der Waals surface area contributed by atoms with E-state index in [9.17, 15) is 14.4 Å². The zero-order chi connectivity index (χ0) is 23.2. The Balaban J connectivity index is 1.70. The molecule has 0 fully saturated rings. The molecule has 0 bridgehead atoms. The van der Waals surface area contributed by atoms with Crippen molar-refractivity contribution in [2.24, 2.45) is 0 Å². The first-order valence-corrected chi connectivity index (χ1v) is 10.2. The van der Waals surface area contributed by atoms with Gasteiger partial charge in [0, 0.05) is 19.1 Å². The highest BCUT2D eigenvalue weighted by atomic mass is 32.1. The fourth-order valence-electron chi connectivity index (χ4n) is 2.50. The van der Waals surface area contributed by atoms with Crippen molar-refractivity contribution in [1.82, 2.24) is 16.2 Å². The second-order valence-corrected chi connectivity index (χ2v) is 6.82. The maximum Gasteiger partial charge on any atom is 0.306 e. The molecule has 0 aliphatic carbocycles. The van der Waals surface area contributed by atoms with Gasteiger partial charge in [0.1, 0.15) is 12.4 Å². The molecular weight excluding hydrogens is 434 g/mol. The van der Waals surface area contributed by atoms with E-state index in [-0.39, 0.29) is 37.8 Å². The van der Waals surface area contributed by atoms with Gasteiger partial charge in [0.2, 0.25) is 5.91 Å². The largest absolute Gasteiger partial charge is 0.483 e. The molecule has 0 aliphatic rings. The normalized spacial score (nSPS) is 10.0. The van der Waals surface area contributed by atoms with Gasteiger partial charge >= 0.3 is 5.97 Å². The predicted octanol–water partition coefficient (Wildman–Crippen LogP) is 1.72. The maximum absolute atomic E-state index is 12.1. The van der Waals surface area contributed by atoms with Crippen LogP contribution in [0.4, 0.5) is 0 Å². The number of hydrogen-bond donors (Lipinski definition) is 3. The number of hydrogen-bond acceptors (Lipinski definition) is 7. The van der Waals surface area contributed by atoms with Crippen LogP contribution in [0.2, 0.25) is 0 Å². The van der Waals surface area contributed by atoms with E-state index in [1.807, 2.05) is 48.5 Å². The Kier molecular flexibility index (Phi) is 10.6. The van der Waals surface area contributed by atoms with Crippen molar-refractivity contribution in [3.63, 3.8) is 0 Å². The van der Waals surface area contributed by atoms with Crippen molar-refractivity contribution in [2.45, 2.75) is 12.8 Å². The van der Waals surface area contributed by atoms with E-state index in [4.69, 9.17) is 26.4 Å². The van der Waals surface area contributed by atoms with Gasteiger partial charge in [0.15, 0.2) is 11.7 Å². The third-order valence-corrected chi connectivity index (χ3v) is 4.21. The lowest BCUT2D eigenvalue weighted by molar-refractivity contribution is -0.146. The first-order valence-electron chi connectivity index (χ1n) is 9.80. The van der Waals surface area contributed by atoms with Crippen LogP contribution in [-0.2, 0) is 23.9 Å². The number of amides is 2. The van der Waals surface area contributed by atoms with Gasteiger partial charge < -0.3 is 19.5 Å². The Morgan fingerprint density at radius 3 is 2.34 bits per heavy atom. The lowest BCUT2D eigenvalue weighted by atomic mass is 10.1. The van der Waals surface area contributed by atoms with Crippen LogP contribution in [0.25, 0.3) is 11.1 Å². The van der Waals surface area contributed by atoms with Crippen molar-refractivity contribution < 1.29 is 28.6 Å². The van der Waals surface area contributed by atoms with E-state index in [2.05, 4.69) is 16.2 Å². The minimum Gasteiger partial charge on any atom is -0.483 e. The van der Waals surface area contributed by atoms with Gasteiger partial charge in [0.25, 0.3) is 5.91 Å². The maximum atomic E-state index is 12.1. The van der Waals surface area contributed by atoms with Gasteiger partial charge in [-0.1, -0.05) is 48.5 Å². The summed E-state index contributed by atoms with van der Waals surface area (Å²) in [7, 11) is 1.49. The Labute approximate surface area is 191 Å². The lowest BCUT2D eigenvalue weighted by Gasteiger charge is -2.13. The predicted molar refractivity (Wildman–Crippen MR) is 121 cm³/mol. The van der Waals surface area contributed by atoms with Gasteiger partial charge in [-0.05, 0) is 23.8 Å². The van der Waals surface area contributed by atoms with Crippen LogP contribution in [0.5, 0.6) is 5.75 Å². The van der Waals surface area contributed by atoms with E-state index in [1.165, 1.54) is 7.11 Å². The molecule has 10 heteroatoms. The van der Waals surface area contributed by atoms with Crippen LogP contribution in [-0.4, -0.2) is 49.8 Å². The van der Waals surface area contributed by atoms with Crippen LogP contribution < -0.4 is 20.9 Å². The van der Waals surface area contributed by atoms with E-state index in [0.29, 0.717) is 5.75 Å². The SMILES string of the molecule is COCCOC(=O)CCC(=O)NC(=S)NNC(=O)COc1ccccc1-c1ccccc1. The Morgan fingerprint density at radius 1 is 0.875 bits per heavy atom. The van der Waals surface area contributed by atoms with Crippen LogP contribution in [0.15, 0.2) is 54.6 Å². The average Bonchev–Trinajstić information content (AvgIpc) is 2.81. The monoisotopic (exact) mass is 459 g/mol. The second-order valence-electron chi connectivity index (χ2n) is 6.41. The number of ether oxygens (including phenoxy) is 3. The Bertz CT molecular complexity index is 923. The summed E-state index contributed by atoms with van der Waals surface area (Å²) in [5.74, 6) is -0.945. The number of carbonyl (C=O) groups excluding carboxylic acids is 3. The number of benzene rings is 2. The van der Waals surface area contributed by atoms with Gasteiger partial charge in [0.05, 0.1) is 13.0 Å². The van der Waals surface area contributed by atoms with Crippen LogP contribution in [0.3, 0.4) is 0 Å². The lowest BCUT2D eigenvalue weighted by Crippen LogP contribution is -2.49. The standard InChI is InChI=1S/C22H25N3O6S/c1-29-13-14-30-21(28)12-11-19(26)23-22(32)25-24-20(27)15-31-18-10-6-5-9-17(18)16-7-3-2-4-8-16/h2-10H,11-15H2,1H3,(H,24,27)(H2,23,25,26,32). The molecule has 2 aromatic carbocycles. The number of esters is 1. The molecule has 3 N–H and O–H groups in total. The van der Waals surface area contributed by atoms with Crippen LogP contribution >= 0.6 is 12.2 Å². The first kappa shape index (κ1) is 24.8. The molecule has 0 radical (unpaired) electrons. The van der Waals surface area contributed by atoms with Gasteiger partial charge in [-0.3, -0.25) is 25.2 Å². The second kappa shape index (κ2) is 13.7. The molecule has 0 aromatic heterocycles. The summed E-state index contributed by atoms with van der Waals surface area (Å²) in [6, 6.07) is 17.0. The molecule has 0 spiro atoms.